The summed E-state index contributed by atoms with van der Waals surface area (Å²) in [5, 5.41) is 14.5. The molecule has 4 rings (SSSR count). The summed E-state index contributed by atoms with van der Waals surface area (Å²) in [5.41, 5.74) is 1.68. The van der Waals surface area contributed by atoms with Crippen LogP contribution in [0.3, 0.4) is 0 Å². The van der Waals surface area contributed by atoms with E-state index in [0.29, 0.717) is 17.7 Å². The molecule has 1 N–H and O–H groups in total. The van der Waals surface area contributed by atoms with Crippen LogP contribution < -0.4 is 5.32 Å². The number of fused-ring (bicyclic) bond motifs is 2. The maximum atomic E-state index is 12.5. The van der Waals surface area contributed by atoms with E-state index in [1.165, 1.54) is 0 Å². The minimum atomic E-state index is 0.107. The van der Waals surface area contributed by atoms with Gasteiger partial charge in [0.2, 0.25) is 5.91 Å². The molecule has 1 heterocycles. The zero-order chi connectivity index (χ0) is 15.1. The number of carbonyl (C=O) groups excluding carboxylic acids is 1. The molecule has 2 bridgehead atoms. The smallest absolute Gasteiger partial charge is 0.228 e. The molecule has 3 atom stereocenters. The van der Waals surface area contributed by atoms with Gasteiger partial charge in [0, 0.05) is 24.2 Å². The Labute approximate surface area is 128 Å². The van der Waals surface area contributed by atoms with Gasteiger partial charge in [-0.3, -0.25) is 4.79 Å². The molecule has 2 aromatic rings. The summed E-state index contributed by atoms with van der Waals surface area (Å²) in [7, 11) is 1.79. The van der Waals surface area contributed by atoms with Crippen LogP contribution in [-0.4, -0.2) is 26.1 Å². The number of aromatic nitrogens is 4. The van der Waals surface area contributed by atoms with Gasteiger partial charge in [-0.15, -0.1) is 5.10 Å². The quantitative estimate of drug-likeness (QED) is 0.879. The fraction of sp³-hybridized carbons (Fsp3) is 0.375. The Bertz CT molecular complexity index is 750. The number of hydrogen-bond acceptors (Lipinski definition) is 4. The zero-order valence-electron chi connectivity index (χ0n) is 12.3. The number of nitrogens with one attached hydrogen (secondary N) is 1. The molecule has 0 unspecified atom stereocenters. The van der Waals surface area contributed by atoms with Gasteiger partial charge < -0.3 is 5.32 Å². The highest BCUT2D eigenvalue weighted by Crippen LogP contribution is 2.43. The Kier molecular flexibility index (Phi) is 3.03. The first-order chi connectivity index (χ1) is 10.7. The molecule has 0 radical (unpaired) electrons. The summed E-state index contributed by atoms with van der Waals surface area (Å²) in [6.45, 7) is 0. The van der Waals surface area contributed by atoms with Crippen molar-refractivity contribution in [2.24, 2.45) is 24.8 Å². The van der Waals surface area contributed by atoms with Gasteiger partial charge in [-0.25, -0.2) is 4.68 Å². The fourth-order valence-electron chi connectivity index (χ4n) is 3.53. The van der Waals surface area contributed by atoms with Crippen LogP contribution in [0.4, 0.5) is 5.69 Å². The van der Waals surface area contributed by atoms with Gasteiger partial charge in [0.05, 0.1) is 0 Å². The van der Waals surface area contributed by atoms with E-state index in [9.17, 15) is 4.79 Å². The van der Waals surface area contributed by atoms with Crippen molar-refractivity contribution >= 4 is 11.6 Å². The molecule has 1 saturated carbocycles. The second kappa shape index (κ2) is 5.05. The molecular formula is C16H17N5O. The average Bonchev–Trinajstić information content (AvgIpc) is 3.23. The minimum absolute atomic E-state index is 0.107. The van der Waals surface area contributed by atoms with Gasteiger partial charge in [0.15, 0.2) is 5.82 Å². The lowest BCUT2D eigenvalue weighted by atomic mass is 9.93. The fourth-order valence-corrected chi connectivity index (χ4v) is 3.53. The van der Waals surface area contributed by atoms with Crippen molar-refractivity contribution in [3.63, 3.8) is 0 Å². The molecule has 0 spiro atoms. The second-order valence-electron chi connectivity index (χ2n) is 6.08. The van der Waals surface area contributed by atoms with Crippen molar-refractivity contribution in [1.29, 1.82) is 0 Å². The predicted molar refractivity (Wildman–Crippen MR) is 81.7 cm³/mol. The first kappa shape index (κ1) is 13.2. The van der Waals surface area contributed by atoms with Gasteiger partial charge in [0.25, 0.3) is 0 Å². The third-order valence-corrected chi connectivity index (χ3v) is 4.62. The van der Waals surface area contributed by atoms with E-state index in [1.54, 1.807) is 11.7 Å². The highest BCUT2D eigenvalue weighted by molar-refractivity contribution is 5.93. The van der Waals surface area contributed by atoms with E-state index >= 15 is 0 Å². The van der Waals surface area contributed by atoms with Gasteiger partial charge in [-0.05, 0) is 47.2 Å². The van der Waals surface area contributed by atoms with Gasteiger partial charge in [0.1, 0.15) is 0 Å². The second-order valence-corrected chi connectivity index (χ2v) is 6.08. The number of anilines is 1. The normalized spacial score (nSPS) is 25.6. The number of tetrazole rings is 1. The van der Waals surface area contributed by atoms with E-state index in [-0.39, 0.29) is 11.8 Å². The predicted octanol–water partition coefficient (Wildman–Crippen LogP) is 2.03. The summed E-state index contributed by atoms with van der Waals surface area (Å²) >= 11 is 0. The van der Waals surface area contributed by atoms with Crippen LogP contribution in [-0.2, 0) is 11.8 Å². The van der Waals surface area contributed by atoms with Crippen LogP contribution >= 0.6 is 0 Å². The average molecular weight is 295 g/mol. The molecule has 1 amide bonds. The van der Waals surface area contributed by atoms with Crippen molar-refractivity contribution < 1.29 is 4.79 Å². The first-order valence-electron chi connectivity index (χ1n) is 7.52. The van der Waals surface area contributed by atoms with Crippen LogP contribution in [0, 0.1) is 17.8 Å². The maximum absolute atomic E-state index is 12.5. The van der Waals surface area contributed by atoms with Crippen molar-refractivity contribution in [2.75, 3.05) is 5.32 Å². The highest BCUT2D eigenvalue weighted by atomic mass is 16.1. The van der Waals surface area contributed by atoms with Crippen LogP contribution in [0.25, 0.3) is 11.4 Å². The lowest BCUT2D eigenvalue weighted by Crippen LogP contribution is -2.25. The Balaban J connectivity index is 1.53. The molecule has 0 saturated heterocycles. The number of aryl methyl sites for hydroxylation is 1. The summed E-state index contributed by atoms with van der Waals surface area (Å²) in [4.78, 5) is 12.5. The maximum Gasteiger partial charge on any atom is 0.228 e. The molecule has 22 heavy (non-hydrogen) atoms. The Hall–Kier alpha value is -2.50. The van der Waals surface area contributed by atoms with E-state index in [0.717, 1.165) is 24.1 Å². The molecular weight excluding hydrogens is 278 g/mol. The molecule has 2 aliphatic carbocycles. The molecule has 1 aromatic heterocycles. The summed E-state index contributed by atoms with van der Waals surface area (Å²) in [6.07, 6.45) is 6.54. The monoisotopic (exact) mass is 295 g/mol. The number of carbonyl (C=O) groups is 1. The lowest BCUT2D eigenvalue weighted by molar-refractivity contribution is -0.120. The van der Waals surface area contributed by atoms with E-state index < -0.39 is 0 Å². The molecule has 6 nitrogen and oxygen atoms in total. The topological polar surface area (TPSA) is 72.7 Å². The number of allylic oxidation sites excluding steroid dienone is 2. The number of amides is 1. The molecule has 2 aliphatic rings. The highest BCUT2D eigenvalue weighted by Gasteiger charge is 2.39. The van der Waals surface area contributed by atoms with Crippen molar-refractivity contribution in [3.8, 4) is 11.4 Å². The summed E-state index contributed by atoms with van der Waals surface area (Å²) in [6, 6.07) is 7.64. The van der Waals surface area contributed by atoms with E-state index in [2.05, 4.69) is 33.0 Å². The van der Waals surface area contributed by atoms with Crippen molar-refractivity contribution in [1.82, 2.24) is 20.2 Å². The SMILES string of the molecule is Cn1nnnc1-c1cccc(NC(=O)[C@@H]2C[C@H]3C=C[C@H]2C3)c1. The van der Waals surface area contributed by atoms with Crippen LogP contribution in [0.1, 0.15) is 12.8 Å². The lowest BCUT2D eigenvalue weighted by Gasteiger charge is -2.17. The van der Waals surface area contributed by atoms with Gasteiger partial charge in [-0.2, -0.15) is 0 Å². The van der Waals surface area contributed by atoms with Crippen molar-refractivity contribution in [2.45, 2.75) is 12.8 Å². The van der Waals surface area contributed by atoms with Crippen LogP contribution in [0.2, 0.25) is 0 Å². The van der Waals surface area contributed by atoms with E-state index in [4.69, 9.17) is 0 Å². The summed E-state index contributed by atoms with van der Waals surface area (Å²) in [5.74, 6) is 1.91. The molecule has 1 aromatic carbocycles. The minimum Gasteiger partial charge on any atom is -0.326 e. The Morgan fingerprint density at radius 3 is 2.91 bits per heavy atom. The molecule has 0 aliphatic heterocycles. The third-order valence-electron chi connectivity index (χ3n) is 4.62. The number of benzene rings is 1. The third kappa shape index (κ3) is 2.20. The summed E-state index contributed by atoms with van der Waals surface area (Å²) < 4.78 is 1.61. The Morgan fingerprint density at radius 1 is 1.32 bits per heavy atom. The van der Waals surface area contributed by atoms with Crippen LogP contribution in [0.5, 0.6) is 0 Å². The van der Waals surface area contributed by atoms with Crippen LogP contribution in [0.15, 0.2) is 36.4 Å². The standard InChI is InChI=1S/C16H17N5O/c1-21-15(18-19-20-21)12-3-2-4-13(9-12)17-16(22)14-8-10-5-6-11(14)7-10/h2-6,9-11,14H,7-8H2,1H3,(H,17,22)/t10-,11-,14+/m0/s1. The first-order valence-corrected chi connectivity index (χ1v) is 7.52. The van der Waals surface area contributed by atoms with Gasteiger partial charge in [-0.1, -0.05) is 24.3 Å². The van der Waals surface area contributed by atoms with Crippen molar-refractivity contribution in [3.05, 3.63) is 36.4 Å². The largest absolute Gasteiger partial charge is 0.326 e. The molecule has 6 heteroatoms. The number of rotatable bonds is 3. The number of nitrogens with zero attached hydrogens (tertiary/aromatic N) is 4. The molecule has 1 fully saturated rings. The zero-order valence-corrected chi connectivity index (χ0v) is 12.3. The molecule has 112 valence electrons. The van der Waals surface area contributed by atoms with E-state index in [1.807, 2.05) is 24.3 Å². The van der Waals surface area contributed by atoms with Gasteiger partial charge >= 0.3 is 0 Å². The Morgan fingerprint density at radius 2 is 2.23 bits per heavy atom. The number of hydrogen-bond donors (Lipinski definition) is 1.